The third kappa shape index (κ3) is 2.38. The molecule has 5 nitrogen and oxygen atoms in total. The second kappa shape index (κ2) is 6.21. The number of allylic oxidation sites excluding steroid dienone is 1. The Morgan fingerprint density at radius 2 is 1.28 bits per heavy atom. The first-order chi connectivity index (χ1) is 12.2. The Hall–Kier alpha value is -4.06. The molecule has 0 aliphatic carbocycles. The lowest BCUT2D eigenvalue weighted by molar-refractivity contribution is 0.576. The van der Waals surface area contributed by atoms with Gasteiger partial charge in [0.15, 0.2) is 11.3 Å². The highest BCUT2D eigenvalue weighted by atomic mass is 15.0. The summed E-state index contributed by atoms with van der Waals surface area (Å²) in [6, 6.07) is 22.7. The van der Waals surface area contributed by atoms with Gasteiger partial charge in [0.25, 0.3) is 0 Å². The molecule has 0 amide bonds. The number of hydrogen-bond donors (Lipinski definition) is 0. The molecule has 0 aliphatic rings. The molecule has 0 radical (unpaired) electrons. The number of para-hydroxylation sites is 2. The first-order valence-corrected chi connectivity index (χ1v) is 7.49. The molecule has 0 N–H and O–H groups in total. The molecule has 0 spiro atoms. The highest BCUT2D eigenvalue weighted by Gasteiger charge is 2.38. The quantitative estimate of drug-likeness (QED) is 0.728. The van der Waals surface area contributed by atoms with Crippen molar-refractivity contribution in [3.8, 4) is 24.3 Å². The molecule has 116 valence electrons. The molecule has 0 fully saturated rings. The summed E-state index contributed by atoms with van der Waals surface area (Å²) >= 11 is 0. The zero-order valence-corrected chi connectivity index (χ0v) is 13.1. The molecule has 0 atom stereocenters. The summed E-state index contributed by atoms with van der Waals surface area (Å²) in [7, 11) is 0. The van der Waals surface area contributed by atoms with Crippen LogP contribution in [0.3, 0.4) is 0 Å². The van der Waals surface area contributed by atoms with Crippen LogP contribution in [0, 0.1) is 56.7 Å². The zero-order valence-electron chi connectivity index (χ0n) is 13.1. The molecule has 0 saturated carbocycles. The minimum atomic E-state index is -1.82. The maximum Gasteiger partial charge on any atom is 0.192 e. The van der Waals surface area contributed by atoms with E-state index in [1.54, 1.807) is 18.3 Å². The summed E-state index contributed by atoms with van der Waals surface area (Å²) in [6.45, 7) is 0. The fourth-order valence-electron chi connectivity index (χ4n) is 2.86. The average Bonchev–Trinajstić information content (AvgIpc) is 2.99. The van der Waals surface area contributed by atoms with E-state index in [1.807, 2.05) is 65.2 Å². The number of benzene rings is 2. The minimum absolute atomic E-state index is 0.912. The fourth-order valence-corrected chi connectivity index (χ4v) is 2.86. The Morgan fingerprint density at radius 1 is 0.800 bits per heavy atom. The van der Waals surface area contributed by atoms with E-state index in [-0.39, 0.29) is 0 Å². The minimum Gasteiger partial charge on any atom is -0.316 e. The van der Waals surface area contributed by atoms with Crippen LogP contribution in [0.2, 0.25) is 0 Å². The first-order valence-electron chi connectivity index (χ1n) is 7.49. The standard InChI is InChI=1S/C20H11N5/c21-11-15(12-22)20(13-23,14-24)9-10-25-18-7-3-1-5-16(18)17-6-2-4-8-19(17)25/h1-10,15H/b10-9+. The molecule has 2 aromatic carbocycles. The third-order valence-electron chi connectivity index (χ3n) is 4.19. The Balaban J connectivity index is 2.25. The van der Waals surface area contributed by atoms with Crippen molar-refractivity contribution in [1.29, 1.82) is 21.0 Å². The summed E-state index contributed by atoms with van der Waals surface area (Å²) in [5, 5.41) is 39.2. The van der Waals surface area contributed by atoms with Crippen molar-refractivity contribution >= 4 is 28.0 Å². The van der Waals surface area contributed by atoms with E-state index in [0.29, 0.717) is 0 Å². The lowest BCUT2D eigenvalue weighted by atomic mass is 9.79. The molecular weight excluding hydrogens is 310 g/mol. The summed E-state index contributed by atoms with van der Waals surface area (Å²) in [5.41, 5.74) is 0.001000. The molecule has 3 aromatic rings. The maximum atomic E-state index is 9.43. The van der Waals surface area contributed by atoms with Crippen LogP contribution >= 0.6 is 0 Å². The lowest BCUT2D eigenvalue weighted by Gasteiger charge is -2.14. The van der Waals surface area contributed by atoms with E-state index in [1.165, 1.54) is 6.08 Å². The smallest absolute Gasteiger partial charge is 0.192 e. The SMILES string of the molecule is N#CC(C#N)C(C#N)(C#N)/C=C/n1c2ccccc2c2ccccc21. The van der Waals surface area contributed by atoms with Crippen molar-refractivity contribution in [2.45, 2.75) is 0 Å². The van der Waals surface area contributed by atoms with Crippen LogP contribution in [0.5, 0.6) is 0 Å². The number of aromatic nitrogens is 1. The van der Waals surface area contributed by atoms with Gasteiger partial charge in [-0.25, -0.2) is 0 Å². The number of rotatable bonds is 3. The Bertz CT molecular complexity index is 1070. The van der Waals surface area contributed by atoms with Crippen molar-refractivity contribution in [2.75, 3.05) is 0 Å². The maximum absolute atomic E-state index is 9.43. The van der Waals surface area contributed by atoms with E-state index in [0.717, 1.165) is 21.8 Å². The number of nitriles is 4. The van der Waals surface area contributed by atoms with Gasteiger partial charge in [-0.2, -0.15) is 21.0 Å². The van der Waals surface area contributed by atoms with Crippen molar-refractivity contribution in [2.24, 2.45) is 11.3 Å². The predicted molar refractivity (Wildman–Crippen MR) is 93.1 cm³/mol. The second-order valence-electron chi connectivity index (χ2n) is 5.50. The van der Waals surface area contributed by atoms with Crippen molar-refractivity contribution in [3.63, 3.8) is 0 Å². The lowest BCUT2D eigenvalue weighted by Crippen LogP contribution is -2.23. The van der Waals surface area contributed by atoms with Gasteiger partial charge in [-0.15, -0.1) is 0 Å². The monoisotopic (exact) mass is 321 g/mol. The van der Waals surface area contributed by atoms with Gasteiger partial charge >= 0.3 is 0 Å². The molecule has 0 unspecified atom stereocenters. The van der Waals surface area contributed by atoms with E-state index in [2.05, 4.69) is 0 Å². The molecular formula is C20H11N5. The number of nitrogens with zero attached hydrogens (tertiary/aromatic N) is 5. The van der Waals surface area contributed by atoms with Crippen LogP contribution in [0.25, 0.3) is 28.0 Å². The summed E-state index contributed by atoms with van der Waals surface area (Å²) in [6.07, 6.45) is 2.93. The molecule has 3 rings (SSSR count). The highest BCUT2D eigenvalue weighted by molar-refractivity contribution is 6.09. The Morgan fingerprint density at radius 3 is 1.72 bits per heavy atom. The Labute approximate surface area is 144 Å². The topological polar surface area (TPSA) is 100 Å². The number of fused-ring (bicyclic) bond motifs is 3. The van der Waals surface area contributed by atoms with Gasteiger partial charge in [0.1, 0.15) is 0 Å². The fraction of sp³-hybridized carbons (Fsp3) is 0.100. The number of hydrogen-bond acceptors (Lipinski definition) is 4. The molecule has 0 bridgehead atoms. The van der Waals surface area contributed by atoms with Gasteiger partial charge in [0.2, 0.25) is 0 Å². The van der Waals surface area contributed by atoms with E-state index in [9.17, 15) is 10.5 Å². The predicted octanol–water partition coefficient (Wildman–Crippen LogP) is 3.96. The first kappa shape index (κ1) is 15.8. The van der Waals surface area contributed by atoms with Gasteiger partial charge in [0.05, 0.1) is 35.3 Å². The van der Waals surface area contributed by atoms with Gasteiger partial charge in [-0.1, -0.05) is 36.4 Å². The largest absolute Gasteiger partial charge is 0.316 e. The highest BCUT2D eigenvalue weighted by Crippen LogP contribution is 2.32. The van der Waals surface area contributed by atoms with Crippen LogP contribution in [0.4, 0.5) is 0 Å². The zero-order chi connectivity index (χ0) is 17.9. The average molecular weight is 321 g/mol. The van der Waals surface area contributed by atoms with Crippen LogP contribution in [0.1, 0.15) is 0 Å². The van der Waals surface area contributed by atoms with Crippen LogP contribution in [-0.4, -0.2) is 4.57 Å². The van der Waals surface area contributed by atoms with Gasteiger partial charge in [0, 0.05) is 17.0 Å². The van der Waals surface area contributed by atoms with E-state index in [4.69, 9.17) is 10.5 Å². The molecule has 1 aromatic heterocycles. The molecule has 0 aliphatic heterocycles. The summed E-state index contributed by atoms with van der Waals surface area (Å²) in [5.74, 6) is -1.37. The van der Waals surface area contributed by atoms with Crippen molar-refractivity contribution in [3.05, 3.63) is 54.6 Å². The molecule has 1 heterocycles. The van der Waals surface area contributed by atoms with Crippen LogP contribution in [0.15, 0.2) is 54.6 Å². The summed E-state index contributed by atoms with van der Waals surface area (Å²) in [4.78, 5) is 0. The van der Waals surface area contributed by atoms with E-state index >= 15 is 0 Å². The second-order valence-corrected chi connectivity index (χ2v) is 5.50. The third-order valence-corrected chi connectivity index (χ3v) is 4.19. The van der Waals surface area contributed by atoms with Crippen molar-refractivity contribution < 1.29 is 0 Å². The van der Waals surface area contributed by atoms with E-state index < -0.39 is 11.3 Å². The van der Waals surface area contributed by atoms with Crippen LogP contribution in [-0.2, 0) is 0 Å². The molecule has 5 heteroatoms. The van der Waals surface area contributed by atoms with Crippen LogP contribution < -0.4 is 0 Å². The summed E-state index contributed by atoms with van der Waals surface area (Å²) < 4.78 is 1.86. The van der Waals surface area contributed by atoms with Gasteiger partial charge in [-0.05, 0) is 18.2 Å². The molecule has 25 heavy (non-hydrogen) atoms. The van der Waals surface area contributed by atoms with Gasteiger partial charge < -0.3 is 4.57 Å². The van der Waals surface area contributed by atoms with Crippen molar-refractivity contribution in [1.82, 2.24) is 4.57 Å². The Kier molecular flexibility index (Phi) is 3.93. The molecule has 0 saturated heterocycles. The normalized spacial score (nSPS) is 11.2. The van der Waals surface area contributed by atoms with Gasteiger partial charge in [-0.3, -0.25) is 0 Å².